The quantitative estimate of drug-likeness (QED) is 0.835. The number of anilines is 1. The Morgan fingerprint density at radius 3 is 2.94 bits per heavy atom. The largest absolute Gasteiger partial charge is 0.478 e. The summed E-state index contributed by atoms with van der Waals surface area (Å²) in [5.41, 5.74) is 1.05. The third kappa shape index (κ3) is 2.77. The minimum absolute atomic E-state index is 0.341. The Hall–Kier alpha value is -1.55. The molecule has 2 rings (SSSR count). The van der Waals surface area contributed by atoms with Gasteiger partial charge in [0.2, 0.25) is 0 Å². The molecule has 1 aliphatic heterocycles. The molecule has 0 aromatic heterocycles. The highest BCUT2D eigenvalue weighted by atomic mass is 16.4. The summed E-state index contributed by atoms with van der Waals surface area (Å²) in [4.78, 5) is 13.3. The predicted octanol–water partition coefficient (Wildman–Crippen LogP) is 1.89. The van der Waals surface area contributed by atoms with Gasteiger partial charge in [0.1, 0.15) is 0 Å². The summed E-state index contributed by atoms with van der Waals surface area (Å²) in [6.07, 6.45) is 2.40. The summed E-state index contributed by atoms with van der Waals surface area (Å²) in [5.74, 6) is -0.882. The molecule has 1 aliphatic rings. The van der Waals surface area contributed by atoms with Crippen molar-refractivity contribution in [1.82, 2.24) is 4.90 Å². The number of hydrogen-bond donors (Lipinski definition) is 2. The van der Waals surface area contributed by atoms with E-state index >= 15 is 0 Å². The van der Waals surface area contributed by atoms with E-state index < -0.39 is 5.97 Å². The number of carboxylic acids is 1. The Morgan fingerprint density at radius 1 is 1.53 bits per heavy atom. The fraction of sp³-hybridized carbons (Fsp3) is 0.462. The molecule has 1 unspecified atom stereocenters. The average molecular weight is 234 g/mol. The van der Waals surface area contributed by atoms with Gasteiger partial charge in [0.05, 0.1) is 5.56 Å². The lowest BCUT2D eigenvalue weighted by Gasteiger charge is -2.20. The Morgan fingerprint density at radius 2 is 2.29 bits per heavy atom. The first-order valence-electron chi connectivity index (χ1n) is 5.95. The van der Waals surface area contributed by atoms with Crippen LogP contribution in [0.2, 0.25) is 0 Å². The lowest BCUT2D eigenvalue weighted by molar-refractivity contribution is 0.0698. The van der Waals surface area contributed by atoms with Crippen LogP contribution in [0.3, 0.4) is 0 Å². The van der Waals surface area contributed by atoms with Gasteiger partial charge in [-0.25, -0.2) is 4.79 Å². The van der Waals surface area contributed by atoms with Crippen molar-refractivity contribution >= 4 is 11.7 Å². The number of hydrogen-bond acceptors (Lipinski definition) is 3. The zero-order valence-corrected chi connectivity index (χ0v) is 10.0. The molecule has 1 aromatic rings. The molecule has 0 radical (unpaired) electrons. The van der Waals surface area contributed by atoms with Crippen LogP contribution in [0.15, 0.2) is 24.3 Å². The first-order valence-corrected chi connectivity index (χ1v) is 5.95. The van der Waals surface area contributed by atoms with Gasteiger partial charge in [0.25, 0.3) is 0 Å². The molecule has 1 fully saturated rings. The summed E-state index contributed by atoms with van der Waals surface area (Å²) in [7, 11) is 2.11. The Kier molecular flexibility index (Phi) is 3.64. The summed E-state index contributed by atoms with van der Waals surface area (Å²) in [6.45, 7) is 1.94. The topological polar surface area (TPSA) is 52.6 Å². The molecule has 92 valence electrons. The van der Waals surface area contributed by atoms with Crippen molar-refractivity contribution in [2.24, 2.45) is 0 Å². The molecular weight excluding hydrogens is 216 g/mol. The van der Waals surface area contributed by atoms with Crippen LogP contribution in [0.4, 0.5) is 5.69 Å². The van der Waals surface area contributed by atoms with E-state index in [1.54, 1.807) is 12.1 Å². The molecular formula is C13H18N2O2. The van der Waals surface area contributed by atoms with Gasteiger partial charge in [0, 0.05) is 18.3 Å². The molecule has 1 saturated heterocycles. The fourth-order valence-corrected chi connectivity index (χ4v) is 2.29. The van der Waals surface area contributed by atoms with E-state index in [1.165, 1.54) is 12.8 Å². The maximum atomic E-state index is 11.0. The molecule has 0 bridgehead atoms. The third-order valence-electron chi connectivity index (χ3n) is 3.36. The number of para-hydroxylation sites is 1. The van der Waals surface area contributed by atoms with E-state index in [-0.39, 0.29) is 0 Å². The molecule has 0 aliphatic carbocycles. The van der Waals surface area contributed by atoms with Gasteiger partial charge in [-0.2, -0.15) is 0 Å². The van der Waals surface area contributed by atoms with Crippen LogP contribution in [0, 0.1) is 0 Å². The summed E-state index contributed by atoms with van der Waals surface area (Å²) < 4.78 is 0. The van der Waals surface area contributed by atoms with Crippen molar-refractivity contribution in [2.45, 2.75) is 18.9 Å². The molecule has 0 amide bonds. The molecule has 17 heavy (non-hydrogen) atoms. The van der Waals surface area contributed by atoms with E-state index in [9.17, 15) is 4.79 Å². The van der Waals surface area contributed by atoms with E-state index in [0.717, 1.165) is 13.1 Å². The van der Waals surface area contributed by atoms with Crippen molar-refractivity contribution in [3.05, 3.63) is 29.8 Å². The number of benzene rings is 1. The highest BCUT2D eigenvalue weighted by Gasteiger charge is 2.20. The summed E-state index contributed by atoms with van der Waals surface area (Å²) >= 11 is 0. The van der Waals surface area contributed by atoms with Gasteiger partial charge >= 0.3 is 5.97 Å². The average Bonchev–Trinajstić information content (AvgIpc) is 2.72. The Labute approximate surface area is 101 Å². The van der Waals surface area contributed by atoms with Crippen LogP contribution >= 0.6 is 0 Å². The van der Waals surface area contributed by atoms with Crippen LogP contribution in [0.1, 0.15) is 23.2 Å². The molecule has 1 atom stereocenters. The van der Waals surface area contributed by atoms with Crippen LogP contribution < -0.4 is 5.32 Å². The highest BCUT2D eigenvalue weighted by Crippen LogP contribution is 2.18. The van der Waals surface area contributed by atoms with E-state index in [4.69, 9.17) is 5.11 Å². The first kappa shape index (κ1) is 11.9. The number of likely N-dealkylation sites (tertiary alicyclic amines) is 1. The zero-order valence-electron chi connectivity index (χ0n) is 10.0. The number of likely N-dealkylation sites (N-methyl/N-ethyl adjacent to an activating group) is 1. The second-order valence-corrected chi connectivity index (χ2v) is 4.51. The standard InChI is InChI=1S/C13H18N2O2/c1-15-8-4-5-10(15)9-14-12-7-3-2-6-11(12)13(16)17/h2-3,6-7,10,14H,4-5,8-9H2,1H3,(H,16,17). The van der Waals surface area contributed by atoms with Crippen molar-refractivity contribution < 1.29 is 9.90 Å². The molecule has 2 N–H and O–H groups in total. The van der Waals surface area contributed by atoms with Gasteiger partial charge in [-0.05, 0) is 38.6 Å². The van der Waals surface area contributed by atoms with Gasteiger partial charge in [-0.3, -0.25) is 0 Å². The van der Waals surface area contributed by atoms with Crippen molar-refractivity contribution in [3.8, 4) is 0 Å². The van der Waals surface area contributed by atoms with Gasteiger partial charge in [-0.15, -0.1) is 0 Å². The molecule has 0 spiro atoms. The lowest BCUT2D eigenvalue weighted by atomic mass is 10.1. The van der Waals surface area contributed by atoms with Gasteiger partial charge in [-0.1, -0.05) is 12.1 Å². The molecule has 4 nitrogen and oxygen atoms in total. The Balaban J connectivity index is 2.01. The van der Waals surface area contributed by atoms with E-state index in [0.29, 0.717) is 17.3 Å². The maximum absolute atomic E-state index is 11.0. The summed E-state index contributed by atoms with van der Waals surface area (Å²) in [5, 5.41) is 12.3. The number of nitrogens with one attached hydrogen (secondary N) is 1. The molecule has 4 heteroatoms. The van der Waals surface area contributed by atoms with Crippen LogP contribution in [-0.4, -0.2) is 42.2 Å². The van der Waals surface area contributed by atoms with Crippen LogP contribution in [-0.2, 0) is 0 Å². The minimum Gasteiger partial charge on any atom is -0.478 e. The van der Waals surface area contributed by atoms with Crippen LogP contribution in [0.5, 0.6) is 0 Å². The number of carbonyl (C=O) groups is 1. The maximum Gasteiger partial charge on any atom is 0.337 e. The predicted molar refractivity (Wildman–Crippen MR) is 67.5 cm³/mol. The smallest absolute Gasteiger partial charge is 0.337 e. The highest BCUT2D eigenvalue weighted by molar-refractivity contribution is 5.94. The van der Waals surface area contributed by atoms with E-state index in [2.05, 4.69) is 17.3 Å². The fourth-order valence-electron chi connectivity index (χ4n) is 2.29. The van der Waals surface area contributed by atoms with Gasteiger partial charge in [0.15, 0.2) is 0 Å². The SMILES string of the molecule is CN1CCCC1CNc1ccccc1C(=O)O. The van der Waals surface area contributed by atoms with Crippen molar-refractivity contribution in [2.75, 3.05) is 25.5 Å². The number of carboxylic acid groups (broad SMARTS) is 1. The minimum atomic E-state index is -0.882. The van der Waals surface area contributed by atoms with Crippen molar-refractivity contribution in [1.29, 1.82) is 0 Å². The molecule has 1 heterocycles. The summed E-state index contributed by atoms with van der Waals surface area (Å²) in [6, 6.07) is 7.56. The van der Waals surface area contributed by atoms with Crippen molar-refractivity contribution in [3.63, 3.8) is 0 Å². The van der Waals surface area contributed by atoms with Crippen LogP contribution in [0.25, 0.3) is 0 Å². The number of aromatic carboxylic acids is 1. The van der Waals surface area contributed by atoms with E-state index in [1.807, 2.05) is 12.1 Å². The lowest BCUT2D eigenvalue weighted by Crippen LogP contribution is -2.31. The number of rotatable bonds is 4. The molecule has 0 saturated carbocycles. The van der Waals surface area contributed by atoms with Gasteiger partial charge < -0.3 is 15.3 Å². The Bertz CT molecular complexity index is 406. The molecule has 1 aromatic carbocycles. The first-order chi connectivity index (χ1) is 8.18. The normalized spacial score (nSPS) is 20.4. The number of nitrogens with zero attached hydrogens (tertiary/aromatic N) is 1. The zero-order chi connectivity index (χ0) is 12.3. The monoisotopic (exact) mass is 234 g/mol. The third-order valence-corrected chi connectivity index (χ3v) is 3.36. The second kappa shape index (κ2) is 5.19. The second-order valence-electron chi connectivity index (χ2n) is 4.51.